The van der Waals surface area contributed by atoms with E-state index in [2.05, 4.69) is 9.97 Å². The molecule has 22 heavy (non-hydrogen) atoms. The lowest BCUT2D eigenvalue weighted by Gasteiger charge is -2.01. The fourth-order valence-corrected chi connectivity index (χ4v) is 2.90. The third-order valence-electron chi connectivity index (χ3n) is 3.28. The number of oxazole rings is 1. The largest absolute Gasteiger partial charge is 0.443 e. The van der Waals surface area contributed by atoms with Crippen LogP contribution in [-0.4, -0.2) is 14.5 Å². The summed E-state index contributed by atoms with van der Waals surface area (Å²) in [6, 6.07) is 6.06. The van der Waals surface area contributed by atoms with Gasteiger partial charge < -0.3 is 8.98 Å². The zero-order valence-corrected chi connectivity index (χ0v) is 12.0. The van der Waals surface area contributed by atoms with Crippen LogP contribution in [0, 0.1) is 11.6 Å². The molecular formula is C15H9F2N3OS. The Morgan fingerprint density at radius 3 is 2.91 bits per heavy atom. The van der Waals surface area contributed by atoms with Crippen LogP contribution in [0.1, 0.15) is 5.69 Å². The minimum absolute atomic E-state index is 0.371. The molecule has 0 fully saturated rings. The minimum Gasteiger partial charge on any atom is -0.443 e. The van der Waals surface area contributed by atoms with Crippen molar-refractivity contribution in [2.45, 2.75) is 6.54 Å². The first-order chi connectivity index (χ1) is 10.7. The van der Waals surface area contributed by atoms with Gasteiger partial charge in [0, 0.05) is 12.1 Å². The third-order valence-corrected chi connectivity index (χ3v) is 4.14. The van der Waals surface area contributed by atoms with Crippen molar-refractivity contribution < 1.29 is 13.2 Å². The van der Waals surface area contributed by atoms with Gasteiger partial charge in [-0.1, -0.05) is 6.07 Å². The summed E-state index contributed by atoms with van der Waals surface area (Å²) < 4.78 is 33.7. The van der Waals surface area contributed by atoms with Gasteiger partial charge in [-0.25, -0.2) is 18.7 Å². The van der Waals surface area contributed by atoms with E-state index >= 15 is 0 Å². The summed E-state index contributed by atoms with van der Waals surface area (Å²) in [6.45, 7) is 0.371. The number of hydrogen-bond acceptors (Lipinski definition) is 4. The number of rotatable bonds is 3. The number of hydrogen-bond donors (Lipinski definition) is 0. The van der Waals surface area contributed by atoms with Crippen molar-refractivity contribution in [2.24, 2.45) is 0 Å². The second kappa shape index (κ2) is 5.03. The van der Waals surface area contributed by atoms with Gasteiger partial charge in [0.1, 0.15) is 6.26 Å². The van der Waals surface area contributed by atoms with E-state index in [-0.39, 0.29) is 0 Å². The number of thiophene rings is 1. The third kappa shape index (κ3) is 2.19. The van der Waals surface area contributed by atoms with Crippen molar-refractivity contribution in [3.05, 3.63) is 59.6 Å². The van der Waals surface area contributed by atoms with Crippen LogP contribution in [-0.2, 0) is 6.54 Å². The molecule has 4 aromatic rings. The zero-order valence-electron chi connectivity index (χ0n) is 11.2. The highest BCUT2D eigenvalue weighted by Crippen LogP contribution is 2.24. The van der Waals surface area contributed by atoms with Gasteiger partial charge in [0.15, 0.2) is 11.6 Å². The number of imidazole rings is 1. The molecule has 0 saturated carbocycles. The first-order valence-electron chi connectivity index (χ1n) is 6.49. The topological polar surface area (TPSA) is 43.9 Å². The monoisotopic (exact) mass is 317 g/mol. The van der Waals surface area contributed by atoms with E-state index in [1.165, 1.54) is 17.7 Å². The van der Waals surface area contributed by atoms with E-state index in [0.717, 1.165) is 17.0 Å². The molecule has 4 rings (SSSR count). The maximum absolute atomic E-state index is 13.4. The summed E-state index contributed by atoms with van der Waals surface area (Å²) in [5.74, 6) is -1.25. The number of fused-ring (bicyclic) bond motifs is 1. The molecule has 0 spiro atoms. The molecule has 1 aromatic carbocycles. The summed E-state index contributed by atoms with van der Waals surface area (Å²) in [4.78, 5) is 9.41. The second-order valence-corrected chi connectivity index (χ2v) is 5.70. The predicted molar refractivity (Wildman–Crippen MR) is 78.6 cm³/mol. The summed E-state index contributed by atoms with van der Waals surface area (Å²) in [6.07, 6.45) is 3.09. The van der Waals surface area contributed by atoms with Gasteiger partial charge >= 0.3 is 0 Å². The fourth-order valence-electron chi connectivity index (χ4n) is 2.25. The minimum atomic E-state index is -0.904. The first kappa shape index (κ1) is 13.1. The molecule has 4 nitrogen and oxygen atoms in total. The van der Waals surface area contributed by atoms with Gasteiger partial charge in [-0.15, -0.1) is 11.3 Å². The Labute approximate surface area is 127 Å². The predicted octanol–water partition coefficient (Wildman–Crippen LogP) is 4.08. The smallest absolute Gasteiger partial charge is 0.236 e. The maximum Gasteiger partial charge on any atom is 0.236 e. The Morgan fingerprint density at radius 1 is 1.23 bits per heavy atom. The highest BCUT2D eigenvalue weighted by Gasteiger charge is 2.12. The van der Waals surface area contributed by atoms with Crippen molar-refractivity contribution in [3.8, 4) is 10.8 Å². The molecule has 110 valence electrons. The lowest BCUT2D eigenvalue weighted by Crippen LogP contribution is -1.99. The molecule has 0 aliphatic rings. The summed E-state index contributed by atoms with van der Waals surface area (Å²) >= 11 is 1.54. The van der Waals surface area contributed by atoms with E-state index in [4.69, 9.17) is 4.42 Å². The highest BCUT2D eigenvalue weighted by atomic mass is 32.1. The molecule has 7 heteroatoms. The number of halogens is 2. The van der Waals surface area contributed by atoms with Crippen LogP contribution >= 0.6 is 11.3 Å². The fraction of sp³-hybridized carbons (Fsp3) is 0.0667. The quantitative estimate of drug-likeness (QED) is 0.572. The zero-order chi connectivity index (χ0) is 15.1. The molecular weight excluding hydrogens is 308 g/mol. The van der Waals surface area contributed by atoms with Gasteiger partial charge in [0.25, 0.3) is 0 Å². The van der Waals surface area contributed by atoms with Gasteiger partial charge in [-0.05, 0) is 11.4 Å². The molecule has 3 heterocycles. The van der Waals surface area contributed by atoms with Crippen LogP contribution in [0.5, 0.6) is 0 Å². The molecule has 3 aromatic heterocycles. The lowest BCUT2D eigenvalue weighted by atomic mass is 10.3. The maximum atomic E-state index is 13.4. The Kier molecular flexibility index (Phi) is 3.00. The van der Waals surface area contributed by atoms with Crippen LogP contribution in [0.25, 0.3) is 21.8 Å². The Morgan fingerprint density at radius 2 is 2.09 bits per heavy atom. The molecule has 0 N–H and O–H groups in total. The number of nitrogens with zero attached hydrogens (tertiary/aromatic N) is 3. The number of aromatic nitrogens is 3. The van der Waals surface area contributed by atoms with Gasteiger partial charge in [0.2, 0.25) is 5.89 Å². The lowest BCUT2D eigenvalue weighted by molar-refractivity contribution is 0.510. The second-order valence-electron chi connectivity index (χ2n) is 4.75. The molecule has 0 radical (unpaired) electrons. The van der Waals surface area contributed by atoms with E-state index < -0.39 is 11.6 Å². The van der Waals surface area contributed by atoms with Crippen molar-refractivity contribution in [2.75, 3.05) is 0 Å². The van der Waals surface area contributed by atoms with E-state index in [0.29, 0.717) is 29.2 Å². The van der Waals surface area contributed by atoms with Crippen LogP contribution in [0.2, 0.25) is 0 Å². The van der Waals surface area contributed by atoms with Gasteiger partial charge in [0.05, 0.1) is 34.5 Å². The molecule has 0 saturated heterocycles. The standard InChI is InChI=1S/C15H9F2N3OS/c16-10-4-12-13(5-11(10)17)20(8-18-12)6-9-7-21-15(19-9)14-2-1-3-22-14/h1-5,7-8H,6H2. The normalized spacial score (nSPS) is 11.4. The van der Waals surface area contributed by atoms with Crippen LogP contribution in [0.15, 0.2) is 46.7 Å². The average molecular weight is 317 g/mol. The molecule has 0 bridgehead atoms. The Balaban J connectivity index is 1.68. The van der Waals surface area contributed by atoms with Crippen LogP contribution in [0.3, 0.4) is 0 Å². The van der Waals surface area contributed by atoms with Crippen molar-refractivity contribution in [1.29, 1.82) is 0 Å². The summed E-state index contributed by atoms with van der Waals surface area (Å²) in [7, 11) is 0. The van der Waals surface area contributed by atoms with Gasteiger partial charge in [-0.3, -0.25) is 0 Å². The average Bonchev–Trinajstić information content (AvgIpc) is 3.22. The molecule has 0 amide bonds. The molecule has 0 aliphatic heterocycles. The highest BCUT2D eigenvalue weighted by molar-refractivity contribution is 7.13. The van der Waals surface area contributed by atoms with Crippen molar-refractivity contribution >= 4 is 22.4 Å². The SMILES string of the molecule is Fc1cc2ncn(Cc3coc(-c4cccs4)n3)c2cc1F. The molecule has 0 aliphatic carbocycles. The Hall–Kier alpha value is -2.54. The summed E-state index contributed by atoms with van der Waals surface area (Å²) in [5, 5.41) is 1.94. The first-order valence-corrected chi connectivity index (χ1v) is 7.37. The van der Waals surface area contributed by atoms with E-state index in [9.17, 15) is 8.78 Å². The van der Waals surface area contributed by atoms with Crippen LogP contribution < -0.4 is 0 Å². The molecule has 0 unspecified atom stereocenters. The van der Waals surface area contributed by atoms with E-state index in [1.807, 2.05) is 17.5 Å². The van der Waals surface area contributed by atoms with Crippen molar-refractivity contribution in [1.82, 2.24) is 14.5 Å². The van der Waals surface area contributed by atoms with Gasteiger partial charge in [-0.2, -0.15) is 0 Å². The van der Waals surface area contributed by atoms with Crippen molar-refractivity contribution in [3.63, 3.8) is 0 Å². The Bertz CT molecular complexity index is 943. The summed E-state index contributed by atoms with van der Waals surface area (Å²) in [5.41, 5.74) is 1.60. The molecule has 0 atom stereocenters. The number of benzene rings is 1. The van der Waals surface area contributed by atoms with Crippen LogP contribution in [0.4, 0.5) is 8.78 Å². The van der Waals surface area contributed by atoms with E-state index in [1.54, 1.807) is 10.8 Å².